The number of nitrogens with one attached hydrogen (secondary N) is 2. The highest BCUT2D eigenvalue weighted by Gasteiger charge is 2.25. The van der Waals surface area contributed by atoms with E-state index in [1.54, 1.807) is 47.8 Å². The summed E-state index contributed by atoms with van der Waals surface area (Å²) in [7, 11) is -1.87. The lowest BCUT2D eigenvalue weighted by Gasteiger charge is -2.25. The van der Waals surface area contributed by atoms with E-state index < -0.39 is 10.0 Å². The number of sulfonamides is 1. The molecule has 31 heavy (non-hydrogen) atoms. The van der Waals surface area contributed by atoms with Gasteiger partial charge in [0.15, 0.2) is 11.5 Å². The van der Waals surface area contributed by atoms with Crippen LogP contribution in [-0.2, 0) is 16.6 Å². The SMILES string of the molecule is COc1ccccc1OCCNC(=O)NCc1ccc(S(=O)(=O)N2CCCCC2)cc1. The van der Waals surface area contributed by atoms with Crippen molar-refractivity contribution in [1.82, 2.24) is 14.9 Å². The first-order valence-electron chi connectivity index (χ1n) is 10.4. The number of hydrogen-bond donors (Lipinski definition) is 2. The fourth-order valence-corrected chi connectivity index (χ4v) is 4.86. The zero-order valence-electron chi connectivity index (χ0n) is 17.7. The topological polar surface area (TPSA) is 97.0 Å². The van der Waals surface area contributed by atoms with Gasteiger partial charge in [0.25, 0.3) is 0 Å². The van der Waals surface area contributed by atoms with Crippen molar-refractivity contribution in [2.75, 3.05) is 33.4 Å². The number of amides is 2. The monoisotopic (exact) mass is 447 g/mol. The number of benzene rings is 2. The molecule has 1 saturated heterocycles. The molecule has 0 spiro atoms. The molecule has 1 fully saturated rings. The average Bonchev–Trinajstić information content (AvgIpc) is 2.81. The van der Waals surface area contributed by atoms with E-state index in [1.807, 2.05) is 12.1 Å². The van der Waals surface area contributed by atoms with E-state index in [9.17, 15) is 13.2 Å². The number of ether oxygens (including phenoxy) is 2. The van der Waals surface area contributed by atoms with Gasteiger partial charge >= 0.3 is 6.03 Å². The van der Waals surface area contributed by atoms with Crippen LogP contribution in [0.3, 0.4) is 0 Å². The summed E-state index contributed by atoms with van der Waals surface area (Å²) >= 11 is 0. The first-order chi connectivity index (χ1) is 15.0. The van der Waals surface area contributed by atoms with E-state index in [0.717, 1.165) is 24.8 Å². The molecule has 2 N–H and O–H groups in total. The molecule has 1 aliphatic rings. The summed E-state index contributed by atoms with van der Waals surface area (Å²) in [6, 6.07) is 13.6. The van der Waals surface area contributed by atoms with Crippen LogP contribution in [0.4, 0.5) is 4.79 Å². The number of para-hydroxylation sites is 2. The third-order valence-electron chi connectivity index (χ3n) is 5.04. The Morgan fingerprint density at radius 2 is 1.65 bits per heavy atom. The van der Waals surface area contributed by atoms with Gasteiger partial charge in [-0.1, -0.05) is 30.7 Å². The van der Waals surface area contributed by atoms with Crippen LogP contribution >= 0.6 is 0 Å². The third-order valence-corrected chi connectivity index (χ3v) is 6.96. The molecule has 2 aromatic rings. The van der Waals surface area contributed by atoms with Crippen LogP contribution in [0.25, 0.3) is 0 Å². The molecule has 0 bridgehead atoms. The summed E-state index contributed by atoms with van der Waals surface area (Å²) in [5.74, 6) is 1.25. The molecule has 2 amide bonds. The van der Waals surface area contributed by atoms with Gasteiger partial charge in [-0.2, -0.15) is 4.31 Å². The first-order valence-corrected chi connectivity index (χ1v) is 11.8. The van der Waals surface area contributed by atoms with Crippen molar-refractivity contribution in [2.45, 2.75) is 30.7 Å². The van der Waals surface area contributed by atoms with E-state index in [4.69, 9.17) is 9.47 Å². The van der Waals surface area contributed by atoms with Crippen LogP contribution in [0.2, 0.25) is 0 Å². The number of rotatable bonds is 9. The lowest BCUT2D eigenvalue weighted by atomic mass is 10.2. The lowest BCUT2D eigenvalue weighted by Crippen LogP contribution is -2.37. The Labute approximate surface area is 183 Å². The number of urea groups is 1. The van der Waals surface area contributed by atoms with E-state index in [-0.39, 0.29) is 10.9 Å². The van der Waals surface area contributed by atoms with Gasteiger partial charge in [-0.3, -0.25) is 0 Å². The highest BCUT2D eigenvalue weighted by Crippen LogP contribution is 2.25. The molecule has 8 nitrogen and oxygen atoms in total. The van der Waals surface area contributed by atoms with Gasteiger partial charge in [0.1, 0.15) is 6.61 Å². The fourth-order valence-electron chi connectivity index (χ4n) is 3.34. The molecule has 0 saturated carbocycles. The minimum absolute atomic E-state index is 0.288. The zero-order chi connectivity index (χ0) is 22.1. The quantitative estimate of drug-likeness (QED) is 0.576. The predicted octanol–water partition coefficient (Wildman–Crippen LogP) is 2.75. The molecular weight excluding hydrogens is 418 g/mol. The first kappa shape index (κ1) is 22.9. The van der Waals surface area contributed by atoms with Gasteiger partial charge in [-0.05, 0) is 42.7 Å². The molecule has 0 radical (unpaired) electrons. The maximum absolute atomic E-state index is 12.7. The van der Waals surface area contributed by atoms with Crippen molar-refractivity contribution in [2.24, 2.45) is 0 Å². The molecule has 0 aromatic heterocycles. The Morgan fingerprint density at radius 1 is 0.968 bits per heavy atom. The van der Waals surface area contributed by atoms with E-state index in [0.29, 0.717) is 44.3 Å². The smallest absolute Gasteiger partial charge is 0.315 e. The van der Waals surface area contributed by atoms with Crippen LogP contribution in [0.1, 0.15) is 24.8 Å². The van der Waals surface area contributed by atoms with Gasteiger partial charge < -0.3 is 20.1 Å². The molecule has 3 rings (SSSR count). The summed E-state index contributed by atoms with van der Waals surface area (Å²) in [6.07, 6.45) is 2.88. The van der Waals surface area contributed by atoms with E-state index >= 15 is 0 Å². The Hall–Kier alpha value is -2.78. The summed E-state index contributed by atoms with van der Waals surface area (Å²) < 4.78 is 37.7. The molecule has 1 heterocycles. The Morgan fingerprint density at radius 3 is 2.32 bits per heavy atom. The Bertz CT molecular complexity index is 957. The minimum atomic E-state index is -3.44. The van der Waals surface area contributed by atoms with Gasteiger partial charge in [0, 0.05) is 19.6 Å². The van der Waals surface area contributed by atoms with Crippen LogP contribution in [-0.4, -0.2) is 52.1 Å². The predicted molar refractivity (Wildman–Crippen MR) is 118 cm³/mol. The summed E-state index contributed by atoms with van der Waals surface area (Å²) in [4.78, 5) is 12.3. The zero-order valence-corrected chi connectivity index (χ0v) is 18.5. The van der Waals surface area contributed by atoms with E-state index in [2.05, 4.69) is 10.6 Å². The lowest BCUT2D eigenvalue weighted by molar-refractivity contribution is 0.235. The summed E-state index contributed by atoms with van der Waals surface area (Å²) in [5, 5.41) is 5.47. The van der Waals surface area contributed by atoms with Gasteiger partial charge in [-0.25, -0.2) is 13.2 Å². The molecule has 0 unspecified atom stereocenters. The van der Waals surface area contributed by atoms with E-state index in [1.165, 1.54) is 0 Å². The molecular formula is C22H29N3O5S. The summed E-state index contributed by atoms with van der Waals surface area (Å²) in [5.41, 5.74) is 0.818. The average molecular weight is 448 g/mol. The van der Waals surface area contributed by atoms with Crippen molar-refractivity contribution >= 4 is 16.1 Å². The Kier molecular flexibility index (Phi) is 8.13. The number of piperidine rings is 1. The highest BCUT2D eigenvalue weighted by atomic mass is 32.2. The fraction of sp³-hybridized carbons (Fsp3) is 0.409. The third kappa shape index (κ3) is 6.35. The van der Waals surface area contributed by atoms with Crippen molar-refractivity contribution in [3.63, 3.8) is 0 Å². The standard InChI is InChI=1S/C22H29N3O5S/c1-29-20-7-3-4-8-21(20)30-16-13-23-22(26)24-17-18-9-11-19(12-10-18)31(27,28)25-14-5-2-6-15-25/h3-4,7-12H,2,5-6,13-17H2,1H3,(H2,23,24,26). The number of nitrogens with zero attached hydrogens (tertiary/aromatic N) is 1. The van der Waals surface area contributed by atoms with Crippen LogP contribution in [0.15, 0.2) is 53.4 Å². The van der Waals surface area contributed by atoms with Crippen molar-refractivity contribution in [1.29, 1.82) is 0 Å². The van der Waals surface area contributed by atoms with Crippen LogP contribution in [0.5, 0.6) is 11.5 Å². The second-order valence-electron chi connectivity index (χ2n) is 7.22. The maximum atomic E-state index is 12.7. The molecule has 0 aliphatic carbocycles. The molecule has 168 valence electrons. The molecule has 9 heteroatoms. The minimum Gasteiger partial charge on any atom is -0.493 e. The second-order valence-corrected chi connectivity index (χ2v) is 9.16. The van der Waals surface area contributed by atoms with Gasteiger partial charge in [0.2, 0.25) is 10.0 Å². The number of carbonyl (C=O) groups excluding carboxylic acids is 1. The van der Waals surface area contributed by atoms with Crippen molar-refractivity contribution in [3.8, 4) is 11.5 Å². The second kappa shape index (κ2) is 11.0. The number of carbonyl (C=O) groups is 1. The van der Waals surface area contributed by atoms with Gasteiger partial charge in [0.05, 0.1) is 18.6 Å². The van der Waals surface area contributed by atoms with Crippen LogP contribution in [0, 0.1) is 0 Å². The van der Waals surface area contributed by atoms with Crippen molar-refractivity contribution < 1.29 is 22.7 Å². The molecule has 2 aromatic carbocycles. The normalized spacial score (nSPS) is 14.6. The maximum Gasteiger partial charge on any atom is 0.315 e. The van der Waals surface area contributed by atoms with Crippen molar-refractivity contribution in [3.05, 3.63) is 54.1 Å². The highest BCUT2D eigenvalue weighted by molar-refractivity contribution is 7.89. The summed E-state index contributed by atoms with van der Waals surface area (Å²) in [6.45, 7) is 2.08. The molecule has 1 aliphatic heterocycles. The van der Waals surface area contributed by atoms with Gasteiger partial charge in [-0.15, -0.1) is 0 Å². The number of methoxy groups -OCH3 is 1. The number of hydrogen-bond acceptors (Lipinski definition) is 5. The largest absolute Gasteiger partial charge is 0.493 e. The Balaban J connectivity index is 1.41. The van der Waals surface area contributed by atoms with Crippen LogP contribution < -0.4 is 20.1 Å². The molecule has 0 atom stereocenters.